The van der Waals surface area contributed by atoms with E-state index < -0.39 is 0 Å². The Kier molecular flexibility index (Phi) is 3.83. The highest BCUT2D eigenvalue weighted by Crippen LogP contribution is 2.34. The van der Waals surface area contributed by atoms with Crippen molar-refractivity contribution in [2.75, 3.05) is 6.61 Å². The topological polar surface area (TPSA) is 35.0 Å². The van der Waals surface area contributed by atoms with Gasteiger partial charge in [0.25, 0.3) is 0 Å². The number of rotatable bonds is 3. The molecule has 1 aromatic carbocycles. The Hall–Kier alpha value is -1.65. The van der Waals surface area contributed by atoms with Gasteiger partial charge in [-0.3, -0.25) is 0 Å². The molecule has 0 bridgehead atoms. The molecule has 5 heteroatoms. The van der Waals surface area contributed by atoms with Crippen LogP contribution in [-0.2, 0) is 0 Å². The van der Waals surface area contributed by atoms with Crippen molar-refractivity contribution in [3.8, 4) is 17.1 Å². The minimum Gasteiger partial charge on any atom is -0.494 e. The molecule has 2 aromatic heterocycles. The van der Waals surface area contributed by atoms with E-state index in [-0.39, 0.29) is 0 Å². The highest BCUT2D eigenvalue weighted by atomic mass is 35.5. The number of thiophene rings is 1. The molecule has 0 radical (unpaired) electrons. The summed E-state index contributed by atoms with van der Waals surface area (Å²) in [4.78, 5) is 11.3. The van der Waals surface area contributed by atoms with Crippen molar-refractivity contribution < 1.29 is 4.74 Å². The van der Waals surface area contributed by atoms with Crippen LogP contribution in [0, 0.1) is 13.8 Å². The summed E-state index contributed by atoms with van der Waals surface area (Å²) in [5.74, 6) is 1.45. The SMILES string of the molecule is CCOc1cccc(-c2nc(Cl)c3c(C)c(C)sc3n2)c1. The summed E-state index contributed by atoms with van der Waals surface area (Å²) in [7, 11) is 0. The van der Waals surface area contributed by atoms with Gasteiger partial charge in [0.05, 0.1) is 12.0 Å². The van der Waals surface area contributed by atoms with Crippen LogP contribution >= 0.6 is 22.9 Å². The highest BCUT2D eigenvalue weighted by Gasteiger charge is 2.14. The normalized spacial score (nSPS) is 11.0. The van der Waals surface area contributed by atoms with Crippen LogP contribution < -0.4 is 4.74 Å². The quantitative estimate of drug-likeness (QED) is 0.635. The van der Waals surface area contributed by atoms with Gasteiger partial charge in [0.2, 0.25) is 0 Å². The molecular formula is C16H15ClN2OS. The fraction of sp³-hybridized carbons (Fsp3) is 0.250. The molecule has 0 aliphatic carbocycles. The van der Waals surface area contributed by atoms with Crippen LogP contribution in [0.25, 0.3) is 21.6 Å². The summed E-state index contributed by atoms with van der Waals surface area (Å²) in [6, 6.07) is 7.76. The van der Waals surface area contributed by atoms with Crippen LogP contribution in [0.2, 0.25) is 5.15 Å². The molecule has 2 heterocycles. The maximum absolute atomic E-state index is 6.36. The van der Waals surface area contributed by atoms with Gasteiger partial charge in [0.15, 0.2) is 5.82 Å². The molecule has 0 fully saturated rings. The molecule has 0 N–H and O–H groups in total. The van der Waals surface area contributed by atoms with E-state index in [9.17, 15) is 0 Å². The zero-order chi connectivity index (χ0) is 15.0. The minimum absolute atomic E-state index is 0.513. The lowest BCUT2D eigenvalue weighted by molar-refractivity contribution is 0.340. The molecule has 108 valence electrons. The smallest absolute Gasteiger partial charge is 0.162 e. The number of hydrogen-bond donors (Lipinski definition) is 0. The largest absolute Gasteiger partial charge is 0.494 e. The predicted octanol–water partition coefficient (Wildman–Crippen LogP) is 5.03. The molecule has 0 saturated heterocycles. The van der Waals surface area contributed by atoms with Crippen molar-refractivity contribution in [1.29, 1.82) is 0 Å². The molecule has 3 nitrogen and oxygen atoms in total. The fourth-order valence-corrected chi connectivity index (χ4v) is 3.62. The summed E-state index contributed by atoms with van der Waals surface area (Å²) >= 11 is 8.01. The first-order valence-corrected chi connectivity index (χ1v) is 7.96. The van der Waals surface area contributed by atoms with Gasteiger partial charge < -0.3 is 4.74 Å². The maximum atomic E-state index is 6.36. The molecule has 3 aromatic rings. The van der Waals surface area contributed by atoms with Gasteiger partial charge in [-0.2, -0.15) is 0 Å². The Balaban J connectivity index is 2.15. The van der Waals surface area contributed by atoms with E-state index in [1.165, 1.54) is 4.88 Å². The molecule has 0 aliphatic heterocycles. The molecule has 0 saturated carbocycles. The van der Waals surface area contributed by atoms with Crippen molar-refractivity contribution in [2.45, 2.75) is 20.8 Å². The zero-order valence-corrected chi connectivity index (χ0v) is 13.7. The Morgan fingerprint density at radius 2 is 2.05 bits per heavy atom. The monoisotopic (exact) mass is 318 g/mol. The third-order valence-corrected chi connectivity index (χ3v) is 4.76. The summed E-state index contributed by atoms with van der Waals surface area (Å²) < 4.78 is 5.52. The number of nitrogens with zero attached hydrogens (tertiary/aromatic N) is 2. The Morgan fingerprint density at radius 3 is 2.81 bits per heavy atom. The molecule has 0 atom stereocenters. The first-order chi connectivity index (χ1) is 10.1. The van der Waals surface area contributed by atoms with Crippen molar-refractivity contribution in [3.05, 3.63) is 39.9 Å². The number of aryl methyl sites for hydroxylation is 2. The number of aromatic nitrogens is 2. The fourth-order valence-electron chi connectivity index (χ4n) is 2.22. The number of ether oxygens (including phenoxy) is 1. The van der Waals surface area contributed by atoms with Gasteiger partial charge in [0, 0.05) is 10.4 Å². The van der Waals surface area contributed by atoms with Crippen molar-refractivity contribution in [2.24, 2.45) is 0 Å². The van der Waals surface area contributed by atoms with Crippen molar-refractivity contribution in [3.63, 3.8) is 0 Å². The van der Waals surface area contributed by atoms with E-state index >= 15 is 0 Å². The summed E-state index contributed by atoms with van der Waals surface area (Å²) in [5, 5.41) is 1.47. The Morgan fingerprint density at radius 1 is 1.24 bits per heavy atom. The molecule has 0 spiro atoms. The third kappa shape index (κ3) is 2.61. The van der Waals surface area contributed by atoms with Crippen LogP contribution in [0.15, 0.2) is 24.3 Å². The van der Waals surface area contributed by atoms with Gasteiger partial charge in [-0.05, 0) is 38.5 Å². The van der Waals surface area contributed by atoms with E-state index in [1.54, 1.807) is 11.3 Å². The van der Waals surface area contributed by atoms with E-state index in [0.29, 0.717) is 17.6 Å². The standard InChI is InChI=1S/C16H15ClN2OS/c1-4-20-12-7-5-6-11(8-12)15-18-14(17)13-9(2)10(3)21-16(13)19-15/h5-8H,4H2,1-3H3. The van der Waals surface area contributed by atoms with Gasteiger partial charge in [0.1, 0.15) is 15.7 Å². The van der Waals surface area contributed by atoms with Crippen LogP contribution in [0.1, 0.15) is 17.4 Å². The molecule has 0 unspecified atom stereocenters. The molecule has 0 amide bonds. The Labute approximate surface area is 132 Å². The van der Waals surface area contributed by atoms with Crippen LogP contribution in [0.5, 0.6) is 5.75 Å². The average Bonchev–Trinajstić information content (AvgIpc) is 2.75. The van der Waals surface area contributed by atoms with E-state index in [2.05, 4.69) is 23.8 Å². The minimum atomic E-state index is 0.513. The molecular weight excluding hydrogens is 304 g/mol. The first-order valence-electron chi connectivity index (χ1n) is 6.76. The number of benzene rings is 1. The van der Waals surface area contributed by atoms with Crippen molar-refractivity contribution >= 4 is 33.2 Å². The molecule has 21 heavy (non-hydrogen) atoms. The molecule has 0 aliphatic rings. The van der Waals surface area contributed by atoms with Gasteiger partial charge in [-0.1, -0.05) is 23.7 Å². The lowest BCUT2D eigenvalue weighted by Gasteiger charge is -2.06. The zero-order valence-electron chi connectivity index (χ0n) is 12.1. The van der Waals surface area contributed by atoms with Gasteiger partial charge >= 0.3 is 0 Å². The second-order valence-electron chi connectivity index (χ2n) is 4.76. The van der Waals surface area contributed by atoms with E-state index in [1.807, 2.05) is 31.2 Å². The van der Waals surface area contributed by atoms with E-state index in [4.69, 9.17) is 16.3 Å². The third-order valence-electron chi connectivity index (χ3n) is 3.39. The predicted molar refractivity (Wildman–Crippen MR) is 88.5 cm³/mol. The number of fused-ring (bicyclic) bond motifs is 1. The number of hydrogen-bond acceptors (Lipinski definition) is 4. The second-order valence-corrected chi connectivity index (χ2v) is 6.32. The lowest BCUT2D eigenvalue weighted by atomic mass is 10.2. The Bertz CT molecular complexity index is 813. The average molecular weight is 319 g/mol. The van der Waals surface area contributed by atoms with Crippen LogP contribution in [0.3, 0.4) is 0 Å². The highest BCUT2D eigenvalue weighted by molar-refractivity contribution is 7.18. The maximum Gasteiger partial charge on any atom is 0.162 e. The number of halogens is 1. The van der Waals surface area contributed by atoms with Gasteiger partial charge in [-0.15, -0.1) is 11.3 Å². The molecule has 3 rings (SSSR count). The van der Waals surface area contributed by atoms with Crippen LogP contribution in [0.4, 0.5) is 0 Å². The van der Waals surface area contributed by atoms with Crippen molar-refractivity contribution in [1.82, 2.24) is 9.97 Å². The summed E-state index contributed by atoms with van der Waals surface area (Å²) in [5.41, 5.74) is 2.07. The summed E-state index contributed by atoms with van der Waals surface area (Å²) in [6.07, 6.45) is 0. The first kappa shape index (κ1) is 14.3. The lowest BCUT2D eigenvalue weighted by Crippen LogP contribution is -1.93. The second kappa shape index (κ2) is 5.62. The van der Waals surface area contributed by atoms with E-state index in [0.717, 1.165) is 27.1 Å². The van der Waals surface area contributed by atoms with Gasteiger partial charge in [-0.25, -0.2) is 9.97 Å². The summed E-state index contributed by atoms with van der Waals surface area (Å²) in [6.45, 7) is 6.73. The van der Waals surface area contributed by atoms with Crippen LogP contribution in [-0.4, -0.2) is 16.6 Å².